The van der Waals surface area contributed by atoms with Gasteiger partial charge >= 0.3 is 0 Å². The number of H-pyrrole nitrogens is 1. The number of benzene rings is 1. The van der Waals surface area contributed by atoms with Gasteiger partial charge in [-0.1, -0.05) is 0 Å². The van der Waals surface area contributed by atoms with Crippen molar-refractivity contribution in [2.75, 3.05) is 20.2 Å². The Morgan fingerprint density at radius 2 is 2.24 bits per heavy atom. The van der Waals surface area contributed by atoms with E-state index in [4.69, 9.17) is 4.74 Å². The zero-order valence-electron chi connectivity index (χ0n) is 10.1. The molecule has 1 aliphatic heterocycles. The molecular weight excluding hydrogens is 212 g/mol. The molecule has 0 amide bonds. The van der Waals surface area contributed by atoms with Gasteiger partial charge in [0.25, 0.3) is 0 Å². The van der Waals surface area contributed by atoms with Crippen LogP contribution >= 0.6 is 0 Å². The number of rotatable bonds is 2. The van der Waals surface area contributed by atoms with Gasteiger partial charge in [-0.3, -0.25) is 0 Å². The van der Waals surface area contributed by atoms with Crippen LogP contribution in [0.15, 0.2) is 24.3 Å². The number of ether oxygens (including phenoxy) is 1. The van der Waals surface area contributed by atoms with Crippen LogP contribution in [-0.2, 0) is 0 Å². The summed E-state index contributed by atoms with van der Waals surface area (Å²) >= 11 is 0. The van der Waals surface area contributed by atoms with Crippen molar-refractivity contribution in [3.05, 3.63) is 30.0 Å². The molecule has 0 aliphatic carbocycles. The van der Waals surface area contributed by atoms with Gasteiger partial charge in [-0.25, -0.2) is 0 Å². The van der Waals surface area contributed by atoms with Crippen LogP contribution in [0.25, 0.3) is 10.9 Å². The summed E-state index contributed by atoms with van der Waals surface area (Å²) in [4.78, 5) is 3.52. The van der Waals surface area contributed by atoms with E-state index >= 15 is 0 Å². The Kier molecular flexibility index (Phi) is 2.77. The number of fused-ring (bicyclic) bond motifs is 1. The zero-order chi connectivity index (χ0) is 11.7. The van der Waals surface area contributed by atoms with Crippen molar-refractivity contribution in [3.8, 4) is 5.75 Å². The van der Waals surface area contributed by atoms with Crippen molar-refractivity contribution in [2.45, 2.75) is 18.8 Å². The van der Waals surface area contributed by atoms with Crippen molar-refractivity contribution in [2.24, 2.45) is 0 Å². The van der Waals surface area contributed by atoms with Crippen LogP contribution in [0.2, 0.25) is 0 Å². The van der Waals surface area contributed by atoms with E-state index in [1.807, 2.05) is 6.07 Å². The van der Waals surface area contributed by atoms with Crippen molar-refractivity contribution < 1.29 is 4.74 Å². The fourth-order valence-electron chi connectivity index (χ4n) is 2.59. The topological polar surface area (TPSA) is 37.0 Å². The average Bonchev–Trinajstić information content (AvgIpc) is 2.82. The van der Waals surface area contributed by atoms with E-state index in [0.717, 1.165) is 18.8 Å². The molecule has 0 saturated carbocycles. The van der Waals surface area contributed by atoms with Gasteiger partial charge in [0.1, 0.15) is 5.75 Å². The van der Waals surface area contributed by atoms with Gasteiger partial charge in [0.05, 0.1) is 7.11 Å². The molecule has 1 aromatic heterocycles. The van der Waals surface area contributed by atoms with Crippen molar-refractivity contribution >= 4 is 10.9 Å². The monoisotopic (exact) mass is 230 g/mol. The molecule has 1 aliphatic rings. The second-order valence-corrected chi connectivity index (χ2v) is 4.72. The molecule has 1 saturated heterocycles. The molecule has 90 valence electrons. The molecule has 17 heavy (non-hydrogen) atoms. The third-order valence-corrected chi connectivity index (χ3v) is 3.59. The maximum absolute atomic E-state index is 5.24. The molecule has 0 spiro atoms. The molecule has 2 aromatic rings. The second-order valence-electron chi connectivity index (χ2n) is 4.72. The summed E-state index contributed by atoms with van der Waals surface area (Å²) < 4.78 is 5.24. The first-order chi connectivity index (χ1) is 8.36. The lowest BCUT2D eigenvalue weighted by Crippen LogP contribution is -2.28. The number of methoxy groups -OCH3 is 1. The third kappa shape index (κ3) is 2.03. The molecule has 0 radical (unpaired) electrons. The van der Waals surface area contributed by atoms with E-state index < -0.39 is 0 Å². The largest absolute Gasteiger partial charge is 0.497 e. The molecular formula is C14H18N2O. The fraction of sp³-hybridized carbons (Fsp3) is 0.429. The Bertz CT molecular complexity index is 512. The summed E-state index contributed by atoms with van der Waals surface area (Å²) in [5.41, 5.74) is 2.52. The Morgan fingerprint density at radius 3 is 3.00 bits per heavy atom. The molecule has 3 nitrogen and oxygen atoms in total. The predicted molar refractivity (Wildman–Crippen MR) is 69.7 cm³/mol. The van der Waals surface area contributed by atoms with Crippen LogP contribution in [0.4, 0.5) is 0 Å². The molecule has 0 bridgehead atoms. The molecule has 2 heterocycles. The first kappa shape index (κ1) is 10.7. The molecule has 3 rings (SSSR count). The van der Waals surface area contributed by atoms with Crippen molar-refractivity contribution in [1.82, 2.24) is 10.3 Å². The summed E-state index contributed by atoms with van der Waals surface area (Å²) in [7, 11) is 1.70. The van der Waals surface area contributed by atoms with E-state index in [1.54, 1.807) is 7.11 Å². The number of aromatic amines is 1. The lowest BCUT2D eigenvalue weighted by atomic mass is 9.96. The van der Waals surface area contributed by atoms with Gasteiger partial charge in [0.2, 0.25) is 0 Å². The van der Waals surface area contributed by atoms with Crippen molar-refractivity contribution in [1.29, 1.82) is 0 Å². The van der Waals surface area contributed by atoms with Crippen LogP contribution < -0.4 is 10.1 Å². The van der Waals surface area contributed by atoms with Gasteiger partial charge in [0.15, 0.2) is 0 Å². The SMILES string of the molecule is COc1ccc2cc(C3CCCNC3)[nH]c2c1. The van der Waals surface area contributed by atoms with Gasteiger partial charge in [-0.2, -0.15) is 0 Å². The van der Waals surface area contributed by atoms with Crippen LogP contribution in [-0.4, -0.2) is 25.2 Å². The Labute approximate surface area is 101 Å². The molecule has 3 heteroatoms. The number of hydrogen-bond acceptors (Lipinski definition) is 2. The van der Waals surface area contributed by atoms with E-state index in [-0.39, 0.29) is 0 Å². The van der Waals surface area contributed by atoms with Crippen LogP contribution in [0, 0.1) is 0 Å². The standard InChI is InChI=1S/C14H18N2O/c1-17-12-5-4-10-7-13(16-14(10)8-12)11-3-2-6-15-9-11/h4-5,7-8,11,15-16H,2-3,6,9H2,1H3. The summed E-state index contributed by atoms with van der Waals surface area (Å²) in [5, 5.41) is 4.73. The number of piperidine rings is 1. The summed E-state index contributed by atoms with van der Waals surface area (Å²) in [5.74, 6) is 1.54. The van der Waals surface area contributed by atoms with Gasteiger partial charge in [-0.15, -0.1) is 0 Å². The minimum absolute atomic E-state index is 0.627. The van der Waals surface area contributed by atoms with Gasteiger partial charge < -0.3 is 15.0 Å². The fourth-order valence-corrected chi connectivity index (χ4v) is 2.59. The van der Waals surface area contributed by atoms with Gasteiger partial charge in [0, 0.05) is 29.7 Å². The third-order valence-electron chi connectivity index (χ3n) is 3.59. The summed E-state index contributed by atoms with van der Waals surface area (Å²) in [6.45, 7) is 2.24. The first-order valence-corrected chi connectivity index (χ1v) is 6.24. The van der Waals surface area contributed by atoms with Crippen LogP contribution in [0.1, 0.15) is 24.5 Å². The van der Waals surface area contributed by atoms with Gasteiger partial charge in [-0.05, 0) is 43.0 Å². The Balaban J connectivity index is 1.95. The molecule has 1 unspecified atom stereocenters. The van der Waals surface area contributed by atoms with E-state index in [2.05, 4.69) is 28.5 Å². The highest BCUT2D eigenvalue weighted by Crippen LogP contribution is 2.28. The maximum atomic E-state index is 5.24. The van der Waals surface area contributed by atoms with E-state index in [0.29, 0.717) is 5.92 Å². The normalized spacial score (nSPS) is 20.6. The molecule has 1 aromatic carbocycles. The number of nitrogens with one attached hydrogen (secondary N) is 2. The highest BCUT2D eigenvalue weighted by molar-refractivity contribution is 5.82. The number of aromatic nitrogens is 1. The Hall–Kier alpha value is -1.48. The minimum atomic E-state index is 0.627. The minimum Gasteiger partial charge on any atom is -0.497 e. The smallest absolute Gasteiger partial charge is 0.120 e. The van der Waals surface area contributed by atoms with E-state index in [9.17, 15) is 0 Å². The Morgan fingerprint density at radius 1 is 1.29 bits per heavy atom. The lowest BCUT2D eigenvalue weighted by Gasteiger charge is -2.21. The highest BCUT2D eigenvalue weighted by atomic mass is 16.5. The van der Waals surface area contributed by atoms with Crippen LogP contribution in [0.3, 0.4) is 0 Å². The van der Waals surface area contributed by atoms with Crippen LogP contribution in [0.5, 0.6) is 5.75 Å². The van der Waals surface area contributed by atoms with Crippen molar-refractivity contribution in [3.63, 3.8) is 0 Å². The number of hydrogen-bond donors (Lipinski definition) is 2. The molecule has 1 atom stereocenters. The quantitative estimate of drug-likeness (QED) is 0.832. The zero-order valence-corrected chi connectivity index (χ0v) is 10.1. The average molecular weight is 230 g/mol. The lowest BCUT2D eigenvalue weighted by molar-refractivity contribution is 0.415. The molecule has 2 N–H and O–H groups in total. The van der Waals surface area contributed by atoms with E-state index in [1.165, 1.54) is 29.4 Å². The second kappa shape index (κ2) is 4.41. The highest BCUT2D eigenvalue weighted by Gasteiger charge is 2.16. The summed E-state index contributed by atoms with van der Waals surface area (Å²) in [6.07, 6.45) is 2.54. The summed E-state index contributed by atoms with van der Waals surface area (Å²) in [6, 6.07) is 8.46. The predicted octanol–water partition coefficient (Wildman–Crippen LogP) is 2.64. The first-order valence-electron chi connectivity index (χ1n) is 6.24. The molecule has 1 fully saturated rings. The maximum Gasteiger partial charge on any atom is 0.120 e.